The maximum Gasteiger partial charge on any atom is 0.320 e. The Morgan fingerprint density at radius 2 is 2.16 bits per heavy atom. The number of amides is 1. The van der Waals surface area contributed by atoms with E-state index >= 15 is 0 Å². The Labute approximate surface area is 143 Å². The van der Waals surface area contributed by atoms with Gasteiger partial charge < -0.3 is 10.4 Å². The molecule has 1 heterocycles. The maximum atomic E-state index is 12.1. The van der Waals surface area contributed by atoms with Crippen molar-refractivity contribution in [2.45, 2.75) is 13.3 Å². The van der Waals surface area contributed by atoms with Gasteiger partial charge in [0, 0.05) is 13.6 Å². The van der Waals surface area contributed by atoms with Crippen LogP contribution in [0.15, 0.2) is 30.5 Å². The molecular formula is C16H18N4O5. The lowest BCUT2D eigenvalue weighted by Gasteiger charge is -2.13. The van der Waals surface area contributed by atoms with Crippen LogP contribution in [0.25, 0.3) is 0 Å². The van der Waals surface area contributed by atoms with E-state index in [0.29, 0.717) is 0 Å². The Kier molecular flexibility index (Phi) is 5.48. The van der Waals surface area contributed by atoms with Gasteiger partial charge in [-0.15, -0.1) is 0 Å². The molecule has 9 nitrogen and oxygen atoms in total. The summed E-state index contributed by atoms with van der Waals surface area (Å²) in [7, 11) is 1.46. The number of carboxylic acids is 1. The molecule has 1 unspecified atom stereocenters. The van der Waals surface area contributed by atoms with E-state index in [2.05, 4.69) is 10.4 Å². The van der Waals surface area contributed by atoms with Crippen LogP contribution in [0.4, 0.5) is 5.69 Å². The van der Waals surface area contributed by atoms with Crippen LogP contribution in [0.1, 0.15) is 21.6 Å². The summed E-state index contributed by atoms with van der Waals surface area (Å²) in [6.07, 6.45) is 1.36. The van der Waals surface area contributed by atoms with Crippen LogP contribution >= 0.6 is 0 Å². The Hall–Kier alpha value is -3.23. The first-order valence-electron chi connectivity index (χ1n) is 7.52. The number of aliphatic carboxylic acids is 1. The van der Waals surface area contributed by atoms with Gasteiger partial charge in [0.15, 0.2) is 0 Å². The van der Waals surface area contributed by atoms with Gasteiger partial charge in [0.25, 0.3) is 5.91 Å². The Balaban J connectivity index is 2.07. The number of carboxylic acid groups (broad SMARTS) is 1. The largest absolute Gasteiger partial charge is 0.481 e. The topological polar surface area (TPSA) is 127 Å². The molecule has 0 aliphatic rings. The number of nitro groups is 1. The van der Waals surface area contributed by atoms with Crippen molar-refractivity contribution in [3.05, 3.63) is 57.4 Å². The number of hydrogen-bond donors (Lipinski definition) is 2. The fraction of sp³-hybridized carbons (Fsp3) is 0.312. The minimum atomic E-state index is -1.06. The normalized spacial score (nSPS) is 11.8. The van der Waals surface area contributed by atoms with Crippen LogP contribution in [0.2, 0.25) is 0 Å². The molecular weight excluding hydrogens is 328 g/mol. The molecule has 2 N–H and O–H groups in total. The van der Waals surface area contributed by atoms with Gasteiger partial charge in [0.1, 0.15) is 6.20 Å². The smallest absolute Gasteiger partial charge is 0.320 e. The quantitative estimate of drug-likeness (QED) is 0.575. The second-order valence-corrected chi connectivity index (χ2v) is 5.73. The molecule has 1 atom stereocenters. The Bertz CT molecular complexity index is 815. The second kappa shape index (κ2) is 7.56. The second-order valence-electron chi connectivity index (χ2n) is 5.73. The van der Waals surface area contributed by atoms with E-state index in [1.54, 1.807) is 0 Å². The van der Waals surface area contributed by atoms with Crippen LogP contribution in [-0.2, 0) is 18.3 Å². The third-order valence-electron chi connectivity index (χ3n) is 3.64. The number of aryl methyl sites for hydroxylation is 2. The average molecular weight is 346 g/mol. The van der Waals surface area contributed by atoms with Crippen LogP contribution < -0.4 is 5.32 Å². The Morgan fingerprint density at radius 3 is 2.76 bits per heavy atom. The van der Waals surface area contributed by atoms with Crippen LogP contribution in [0, 0.1) is 23.0 Å². The molecule has 25 heavy (non-hydrogen) atoms. The average Bonchev–Trinajstić information content (AvgIpc) is 2.93. The molecule has 1 aromatic heterocycles. The summed E-state index contributed by atoms with van der Waals surface area (Å²) in [5, 5.41) is 26.5. The summed E-state index contributed by atoms with van der Waals surface area (Å²) < 4.78 is 1.16. The summed E-state index contributed by atoms with van der Waals surface area (Å²) >= 11 is 0. The van der Waals surface area contributed by atoms with Gasteiger partial charge in [-0.25, -0.2) is 0 Å². The monoisotopic (exact) mass is 346 g/mol. The summed E-state index contributed by atoms with van der Waals surface area (Å²) in [4.78, 5) is 33.8. The molecule has 2 rings (SSSR count). The fourth-order valence-electron chi connectivity index (χ4n) is 2.44. The zero-order valence-electron chi connectivity index (χ0n) is 13.8. The van der Waals surface area contributed by atoms with Crippen molar-refractivity contribution in [2.24, 2.45) is 13.0 Å². The number of hydrogen-bond acceptors (Lipinski definition) is 5. The minimum Gasteiger partial charge on any atom is -0.481 e. The summed E-state index contributed by atoms with van der Waals surface area (Å²) in [6, 6.07) is 7.43. The van der Waals surface area contributed by atoms with Gasteiger partial charge in [-0.2, -0.15) is 5.10 Å². The first-order valence-corrected chi connectivity index (χ1v) is 7.52. The highest BCUT2D eigenvalue weighted by Crippen LogP contribution is 2.16. The number of carbonyl (C=O) groups excluding carboxylic acids is 1. The molecule has 0 saturated carbocycles. The number of rotatable bonds is 7. The molecule has 0 spiro atoms. The van der Waals surface area contributed by atoms with E-state index in [0.717, 1.165) is 22.0 Å². The van der Waals surface area contributed by atoms with Crippen molar-refractivity contribution in [3.63, 3.8) is 0 Å². The number of aromatic nitrogens is 2. The van der Waals surface area contributed by atoms with Gasteiger partial charge in [0.05, 0.1) is 10.8 Å². The maximum absolute atomic E-state index is 12.1. The summed E-state index contributed by atoms with van der Waals surface area (Å²) in [5.74, 6) is -2.69. The molecule has 2 aromatic rings. The van der Waals surface area contributed by atoms with Crippen molar-refractivity contribution in [1.29, 1.82) is 0 Å². The first-order chi connectivity index (χ1) is 11.8. The fourth-order valence-corrected chi connectivity index (χ4v) is 2.44. The van der Waals surface area contributed by atoms with Crippen molar-refractivity contribution in [1.82, 2.24) is 15.1 Å². The van der Waals surface area contributed by atoms with E-state index in [9.17, 15) is 24.8 Å². The van der Waals surface area contributed by atoms with Crippen molar-refractivity contribution in [2.75, 3.05) is 6.54 Å². The van der Waals surface area contributed by atoms with Crippen molar-refractivity contribution >= 4 is 17.6 Å². The number of nitrogens with zero attached hydrogens (tertiary/aromatic N) is 3. The van der Waals surface area contributed by atoms with Crippen molar-refractivity contribution < 1.29 is 19.6 Å². The van der Waals surface area contributed by atoms with Gasteiger partial charge in [-0.05, 0) is 18.9 Å². The van der Waals surface area contributed by atoms with E-state index in [1.165, 1.54) is 7.05 Å². The van der Waals surface area contributed by atoms with Gasteiger partial charge in [0.2, 0.25) is 5.69 Å². The molecule has 0 aliphatic carbocycles. The Morgan fingerprint density at radius 1 is 1.44 bits per heavy atom. The van der Waals surface area contributed by atoms with E-state index in [-0.39, 0.29) is 18.7 Å². The van der Waals surface area contributed by atoms with Crippen LogP contribution in [0.3, 0.4) is 0 Å². The minimum absolute atomic E-state index is 0.157. The predicted molar refractivity (Wildman–Crippen MR) is 88.2 cm³/mol. The highest BCUT2D eigenvalue weighted by atomic mass is 16.6. The third-order valence-corrected chi connectivity index (χ3v) is 3.64. The lowest BCUT2D eigenvalue weighted by atomic mass is 9.98. The van der Waals surface area contributed by atoms with Crippen LogP contribution in [0.5, 0.6) is 0 Å². The third kappa shape index (κ3) is 4.63. The van der Waals surface area contributed by atoms with Gasteiger partial charge >= 0.3 is 11.7 Å². The van der Waals surface area contributed by atoms with Gasteiger partial charge in [-0.1, -0.05) is 29.8 Å². The number of benzene rings is 1. The number of carbonyl (C=O) groups is 2. The van der Waals surface area contributed by atoms with Gasteiger partial charge in [-0.3, -0.25) is 24.4 Å². The standard InChI is InChI=1S/C16H18N4O5/c1-10-4-3-5-11(6-10)7-12(16(22)23)8-17-15(21)14-13(20(24)25)9-19(2)18-14/h3-6,9,12H,7-8H2,1-2H3,(H,17,21)(H,22,23). The van der Waals surface area contributed by atoms with E-state index in [1.807, 2.05) is 31.2 Å². The molecule has 9 heteroatoms. The van der Waals surface area contributed by atoms with E-state index in [4.69, 9.17) is 0 Å². The molecule has 0 fully saturated rings. The highest BCUT2D eigenvalue weighted by molar-refractivity contribution is 5.96. The van der Waals surface area contributed by atoms with E-state index < -0.39 is 28.4 Å². The molecule has 1 aromatic carbocycles. The van der Waals surface area contributed by atoms with Crippen molar-refractivity contribution in [3.8, 4) is 0 Å². The lowest BCUT2D eigenvalue weighted by Crippen LogP contribution is -2.34. The zero-order valence-corrected chi connectivity index (χ0v) is 13.8. The first kappa shape index (κ1) is 18.1. The SMILES string of the molecule is Cc1cccc(CC(CNC(=O)c2nn(C)cc2[N+](=O)[O-])C(=O)O)c1. The predicted octanol–water partition coefficient (Wildman–Crippen LogP) is 1.31. The molecule has 1 amide bonds. The number of nitrogens with one attached hydrogen (secondary N) is 1. The molecule has 0 radical (unpaired) electrons. The molecule has 0 saturated heterocycles. The summed E-state index contributed by atoms with van der Waals surface area (Å²) in [6.45, 7) is 1.75. The molecule has 0 aliphatic heterocycles. The highest BCUT2D eigenvalue weighted by Gasteiger charge is 2.26. The summed E-state index contributed by atoms with van der Waals surface area (Å²) in [5.41, 5.74) is 1.08. The van der Waals surface area contributed by atoms with Crippen LogP contribution in [-0.4, -0.2) is 38.2 Å². The zero-order chi connectivity index (χ0) is 18.6. The molecule has 0 bridgehead atoms. The lowest BCUT2D eigenvalue weighted by molar-refractivity contribution is -0.385. The molecule has 132 valence electrons.